The van der Waals surface area contributed by atoms with Crippen molar-refractivity contribution in [3.05, 3.63) is 117 Å². The molecule has 0 fully saturated rings. The molecule has 4 heterocycles. The number of hydrogen-bond acceptors (Lipinski definition) is 15. The summed E-state index contributed by atoms with van der Waals surface area (Å²) in [5.74, 6) is 2.08. The van der Waals surface area contributed by atoms with Crippen LogP contribution in [0.1, 0.15) is 144 Å². The van der Waals surface area contributed by atoms with Gasteiger partial charge in [-0.3, -0.25) is 9.59 Å². The molecule has 2 aromatic heterocycles. The molecule has 16 nitrogen and oxygen atoms in total. The van der Waals surface area contributed by atoms with Gasteiger partial charge < -0.3 is 49.5 Å². The number of benzene rings is 3. The van der Waals surface area contributed by atoms with Gasteiger partial charge in [0.15, 0.2) is 51.2 Å². The summed E-state index contributed by atoms with van der Waals surface area (Å²) in [7, 11) is 1.63. The van der Waals surface area contributed by atoms with Gasteiger partial charge in [-0.05, 0) is 140 Å². The molecular weight excluding hydrogens is 1020 g/mol. The molecule has 0 saturated carbocycles. The number of fused-ring (bicyclic) bond motifs is 2. The average Bonchev–Trinajstić information content (AvgIpc) is 3.95. The van der Waals surface area contributed by atoms with Gasteiger partial charge in [0.05, 0.1) is 65.6 Å². The number of methoxy groups -OCH3 is 2. The third-order valence-corrected chi connectivity index (χ3v) is 15.6. The summed E-state index contributed by atoms with van der Waals surface area (Å²) < 4.78 is 63.0. The van der Waals surface area contributed by atoms with Gasteiger partial charge >= 0.3 is 0 Å². The highest BCUT2D eigenvalue weighted by Crippen LogP contribution is 2.47. The van der Waals surface area contributed by atoms with Crippen molar-refractivity contribution in [3.63, 3.8) is 0 Å². The maximum atomic E-state index is 13.6. The van der Waals surface area contributed by atoms with Crippen molar-refractivity contribution in [1.29, 1.82) is 0 Å². The second-order valence-corrected chi connectivity index (χ2v) is 22.8. The van der Waals surface area contributed by atoms with E-state index in [9.17, 15) is 28.4 Å². The van der Waals surface area contributed by atoms with Crippen molar-refractivity contribution in [2.45, 2.75) is 127 Å². The number of ketones is 2. The maximum Gasteiger partial charge on any atom is 0.171 e. The average molecular weight is 1090 g/mol. The number of nitrogens with two attached hydrogens (primary N) is 1. The van der Waals surface area contributed by atoms with Crippen molar-refractivity contribution < 1.29 is 61.9 Å². The second-order valence-electron chi connectivity index (χ2n) is 20.5. The lowest BCUT2D eigenvalue weighted by atomic mass is 9.86. The van der Waals surface area contributed by atoms with E-state index in [4.69, 9.17) is 55.8 Å². The molecule has 76 heavy (non-hydrogen) atoms. The number of Topliss-reactive ketones (excluding diaryl/α,β-unsaturated/α-hetero) is 2. The molecule has 5 atom stereocenters. The largest absolute Gasteiger partial charge is 0.493 e. The van der Waals surface area contributed by atoms with E-state index in [0.717, 1.165) is 12.0 Å². The number of nitrogens with one attached hydrogen (secondary N) is 1. The Labute approximate surface area is 452 Å². The van der Waals surface area contributed by atoms with Gasteiger partial charge in [-0.25, -0.2) is 23.3 Å². The Kier molecular flexibility index (Phi) is 19.4. The molecule has 5 aromatic rings. The quantitative estimate of drug-likeness (QED) is 0.0303. The molecule has 0 radical (unpaired) electrons. The smallest absolute Gasteiger partial charge is 0.171 e. The lowest BCUT2D eigenvalue weighted by Crippen LogP contribution is -2.49. The van der Waals surface area contributed by atoms with Crippen LogP contribution in [-0.2, 0) is 33.3 Å². The normalized spacial score (nSPS) is 18.6. The van der Waals surface area contributed by atoms with Crippen LogP contribution in [0.5, 0.6) is 34.5 Å². The summed E-state index contributed by atoms with van der Waals surface area (Å²) in [4.78, 5) is 35.2. The van der Waals surface area contributed by atoms with Crippen molar-refractivity contribution in [2.24, 2.45) is 5.73 Å². The zero-order valence-corrected chi connectivity index (χ0v) is 46.6. The highest BCUT2D eigenvalue weighted by molar-refractivity contribution is 7.84. The van der Waals surface area contributed by atoms with Gasteiger partial charge in [0.2, 0.25) is 0 Å². The first kappa shape index (κ1) is 59.5. The van der Waals surface area contributed by atoms with E-state index in [1.54, 1.807) is 74.5 Å². The minimum absolute atomic E-state index is 0.0374. The summed E-state index contributed by atoms with van der Waals surface area (Å²) in [5, 5.41) is 32.0. The summed E-state index contributed by atoms with van der Waals surface area (Å²) in [6.07, 6.45) is 2.37. The molecule has 0 amide bonds. The van der Waals surface area contributed by atoms with E-state index < -0.39 is 38.0 Å². The Bertz CT molecular complexity index is 2900. The van der Waals surface area contributed by atoms with Crippen LogP contribution < -0.4 is 38.9 Å². The number of aliphatic hydroxyl groups excluding tert-OH is 1. The van der Waals surface area contributed by atoms with Crippen LogP contribution in [0.3, 0.4) is 0 Å². The molecule has 3 aromatic carbocycles. The van der Waals surface area contributed by atoms with Gasteiger partial charge in [0, 0.05) is 40.7 Å². The van der Waals surface area contributed by atoms with E-state index in [0.29, 0.717) is 93.3 Å². The molecule has 7 rings (SSSR count). The first-order valence-corrected chi connectivity index (χ1v) is 26.9. The number of ether oxygens (including phenoxy) is 6. The Morgan fingerprint density at radius 2 is 1.28 bits per heavy atom. The Morgan fingerprint density at radius 1 is 0.750 bits per heavy atom. The number of hydrogen-bond donors (Lipinski definition) is 5. The first-order chi connectivity index (χ1) is 35.9. The van der Waals surface area contributed by atoms with Crippen LogP contribution >= 0.6 is 11.6 Å². The van der Waals surface area contributed by atoms with Crippen LogP contribution in [0.25, 0.3) is 11.3 Å². The van der Waals surface area contributed by atoms with Crippen LogP contribution in [0.4, 0.5) is 4.39 Å². The molecule has 19 heteroatoms. The second kappa shape index (κ2) is 24.7. The van der Waals surface area contributed by atoms with Crippen LogP contribution in [0.15, 0.2) is 72.8 Å². The zero-order valence-electron chi connectivity index (χ0n) is 45.1. The molecule has 0 aliphatic carbocycles. The zero-order chi connectivity index (χ0) is 55.8. The third kappa shape index (κ3) is 13.5. The van der Waals surface area contributed by atoms with Crippen molar-refractivity contribution in [1.82, 2.24) is 14.7 Å². The minimum Gasteiger partial charge on any atom is -0.493 e. The van der Waals surface area contributed by atoms with Crippen LogP contribution in [0, 0.1) is 5.82 Å². The van der Waals surface area contributed by atoms with Crippen LogP contribution in [-0.4, -0.2) is 93.1 Å². The molecule has 0 bridgehead atoms. The lowest BCUT2D eigenvalue weighted by molar-refractivity contribution is 0.0395. The topological polar surface area (TPSA) is 231 Å². The monoisotopic (exact) mass is 1090 g/mol. The van der Waals surface area contributed by atoms with Crippen molar-refractivity contribution >= 4 is 34.2 Å². The molecule has 6 N–H and O–H groups in total. The number of pyridine rings is 2. The molecular formula is C57H72ClFN4O12S. The van der Waals surface area contributed by atoms with Crippen molar-refractivity contribution in [3.8, 4) is 45.8 Å². The predicted octanol–water partition coefficient (Wildman–Crippen LogP) is 9.55. The fourth-order valence-electron chi connectivity index (χ4n) is 8.57. The fourth-order valence-corrected chi connectivity index (χ4v) is 9.79. The fraction of sp³-hybridized carbons (Fsp3) is 0.474. The number of aliphatic hydroxyl groups is 3. The predicted molar refractivity (Wildman–Crippen MR) is 290 cm³/mol. The molecule has 0 saturated heterocycles. The Morgan fingerprint density at radius 3 is 1.78 bits per heavy atom. The number of carbonyl (C=O) groups is 2. The van der Waals surface area contributed by atoms with Gasteiger partial charge in [0.1, 0.15) is 42.5 Å². The van der Waals surface area contributed by atoms with Gasteiger partial charge in [-0.1, -0.05) is 32.4 Å². The number of halogens is 2. The van der Waals surface area contributed by atoms with Gasteiger partial charge in [-0.15, -0.1) is 0 Å². The molecule has 412 valence electrons. The first-order valence-electron chi connectivity index (χ1n) is 25.4. The SMILES string of the molecule is CCC1(N)COc2c1cc(C(C)(O)CCC(=O)c1ccc(OCCO)c(OC)c1)nc2-c1ccc(F)cc1.CCCOc1ccc(C(=O)CCC(C)(O)c2cc3c(c(Cl)n2)OCC3(CC)NS(=O)C(C)(C)C)cc1OC. The summed E-state index contributed by atoms with van der Waals surface area (Å²) >= 11 is 6.49. The molecule has 2 aliphatic rings. The van der Waals surface area contributed by atoms with Crippen LogP contribution in [0.2, 0.25) is 5.15 Å². The maximum absolute atomic E-state index is 13.6. The molecule has 2 aliphatic heterocycles. The number of aromatic nitrogens is 2. The van der Waals surface area contributed by atoms with E-state index in [-0.39, 0.29) is 74.6 Å². The van der Waals surface area contributed by atoms with Crippen molar-refractivity contribution in [2.75, 3.05) is 47.3 Å². The molecule has 0 spiro atoms. The third-order valence-electron chi connectivity index (χ3n) is 13.7. The highest BCUT2D eigenvalue weighted by Gasteiger charge is 2.45. The standard InChI is InChI=1S/C29H33FN2O6.C28H39ClN2O6S/c1-4-29(31)17-38-27-21(29)16-25(32-26(27)18-5-8-20(30)9-6-18)28(2,35)12-11-22(34)19-7-10-23(37-14-13-33)24(15-19)36-3;1-8-14-36-21-11-10-18(15-22(21)35-7)20(32)12-13-27(6,33)23-16-19-24(25(29)30-23)37-17-28(19,9-2)31-38(34)26(3,4)5/h5-10,15-16,33,35H,4,11-14,17,31H2,1-3H3;10-11,15-16,31,33H,8-9,12-14,17H2,1-7H3. The number of rotatable bonds is 23. The van der Waals surface area contributed by atoms with E-state index in [2.05, 4.69) is 9.71 Å². The van der Waals surface area contributed by atoms with Gasteiger partial charge in [0.25, 0.3) is 0 Å². The summed E-state index contributed by atoms with van der Waals surface area (Å²) in [5.41, 5.74) is 6.27. The highest BCUT2D eigenvalue weighted by atomic mass is 35.5. The Hall–Kier alpha value is -5.73. The summed E-state index contributed by atoms with van der Waals surface area (Å²) in [6, 6.07) is 19.3. The Balaban J connectivity index is 0.000000247. The lowest BCUT2D eigenvalue weighted by Gasteiger charge is -2.32. The summed E-state index contributed by atoms with van der Waals surface area (Å²) in [6.45, 7) is 15.9. The minimum atomic E-state index is -1.47. The number of nitrogens with zero attached hydrogens (tertiary/aromatic N) is 2. The van der Waals surface area contributed by atoms with E-state index in [1.807, 2.05) is 41.5 Å². The molecule has 5 unspecified atom stereocenters. The van der Waals surface area contributed by atoms with E-state index in [1.165, 1.54) is 26.4 Å². The van der Waals surface area contributed by atoms with E-state index >= 15 is 0 Å². The number of carbonyl (C=O) groups excluding carboxylic acids is 2. The van der Waals surface area contributed by atoms with Gasteiger partial charge in [-0.2, -0.15) is 0 Å².